The second kappa shape index (κ2) is 8.13. The van der Waals surface area contributed by atoms with Crippen molar-refractivity contribution < 1.29 is 4.79 Å². The van der Waals surface area contributed by atoms with Crippen molar-refractivity contribution in [3.8, 4) is 0 Å². The molecule has 1 aromatic rings. The van der Waals surface area contributed by atoms with Crippen molar-refractivity contribution in [2.75, 3.05) is 45.8 Å². The van der Waals surface area contributed by atoms with Crippen LogP contribution in [0.2, 0.25) is 0 Å². The van der Waals surface area contributed by atoms with Gasteiger partial charge in [-0.1, -0.05) is 37.3 Å². The zero-order chi connectivity index (χ0) is 16.9. The highest BCUT2D eigenvalue weighted by atomic mass is 16.2. The van der Waals surface area contributed by atoms with E-state index in [4.69, 9.17) is 0 Å². The number of hydrogen-bond donors (Lipinski definition) is 0. The molecule has 0 unspecified atom stereocenters. The van der Waals surface area contributed by atoms with E-state index in [1.165, 1.54) is 18.7 Å². The van der Waals surface area contributed by atoms with Gasteiger partial charge in [0.1, 0.15) is 0 Å². The predicted molar refractivity (Wildman–Crippen MR) is 98.0 cm³/mol. The van der Waals surface area contributed by atoms with E-state index in [1.807, 2.05) is 4.90 Å². The summed E-state index contributed by atoms with van der Waals surface area (Å²) in [5, 5.41) is 0. The van der Waals surface area contributed by atoms with Gasteiger partial charge in [0.15, 0.2) is 0 Å². The fraction of sp³-hybridized carbons (Fsp3) is 0.650. The molecule has 0 spiro atoms. The Bertz CT molecular complexity index is 533. The average Bonchev–Trinajstić information content (AvgIpc) is 2.80. The van der Waals surface area contributed by atoms with Gasteiger partial charge in [0.25, 0.3) is 0 Å². The molecule has 1 amide bonds. The summed E-state index contributed by atoms with van der Waals surface area (Å²) < 4.78 is 0. The Morgan fingerprint density at radius 1 is 1.08 bits per heavy atom. The lowest BCUT2D eigenvalue weighted by atomic mass is 10.0. The van der Waals surface area contributed by atoms with E-state index in [0.29, 0.717) is 12.0 Å². The van der Waals surface area contributed by atoms with Crippen LogP contribution in [0.25, 0.3) is 0 Å². The van der Waals surface area contributed by atoms with Crippen LogP contribution >= 0.6 is 0 Å². The van der Waals surface area contributed by atoms with Gasteiger partial charge < -0.3 is 9.80 Å². The fourth-order valence-electron chi connectivity index (χ4n) is 4.22. The number of benzene rings is 1. The quantitative estimate of drug-likeness (QED) is 0.846. The Kier molecular flexibility index (Phi) is 5.90. The van der Waals surface area contributed by atoms with Gasteiger partial charge in [-0.15, -0.1) is 0 Å². The number of carbonyl (C=O) groups is 1. The highest BCUT2D eigenvalue weighted by molar-refractivity contribution is 5.73. The molecular weight excluding hydrogens is 298 g/mol. The normalized spacial score (nSPS) is 26.5. The number of likely N-dealkylation sites (tertiary alicyclic amines) is 1. The first-order valence-electron chi connectivity index (χ1n) is 9.39. The second-order valence-electron chi connectivity index (χ2n) is 7.44. The SMILES string of the molecule is CC(=O)N1CCCN([C@@H]2CN(CCc3ccccc3)C[C@@H]2C)CC1. The summed E-state index contributed by atoms with van der Waals surface area (Å²) in [5.74, 6) is 0.936. The topological polar surface area (TPSA) is 26.8 Å². The largest absolute Gasteiger partial charge is 0.342 e. The van der Waals surface area contributed by atoms with Gasteiger partial charge in [0, 0.05) is 58.8 Å². The van der Waals surface area contributed by atoms with Crippen molar-refractivity contribution in [3.05, 3.63) is 35.9 Å². The highest BCUT2D eigenvalue weighted by Gasteiger charge is 2.34. The smallest absolute Gasteiger partial charge is 0.219 e. The molecule has 0 bridgehead atoms. The zero-order valence-corrected chi connectivity index (χ0v) is 15.2. The number of nitrogens with zero attached hydrogens (tertiary/aromatic N) is 3. The van der Waals surface area contributed by atoms with Crippen LogP contribution in [0, 0.1) is 5.92 Å². The first kappa shape index (κ1) is 17.4. The zero-order valence-electron chi connectivity index (χ0n) is 15.2. The maximum atomic E-state index is 11.6. The van der Waals surface area contributed by atoms with Crippen molar-refractivity contribution in [2.24, 2.45) is 5.92 Å². The summed E-state index contributed by atoms with van der Waals surface area (Å²) in [4.78, 5) is 18.9. The van der Waals surface area contributed by atoms with Gasteiger partial charge in [-0.3, -0.25) is 9.69 Å². The van der Waals surface area contributed by atoms with E-state index in [2.05, 4.69) is 47.1 Å². The van der Waals surface area contributed by atoms with Crippen LogP contribution in [0.15, 0.2) is 30.3 Å². The van der Waals surface area contributed by atoms with Gasteiger partial charge in [-0.2, -0.15) is 0 Å². The van der Waals surface area contributed by atoms with Crippen LogP contribution in [0.5, 0.6) is 0 Å². The Morgan fingerprint density at radius 3 is 2.62 bits per heavy atom. The molecule has 132 valence electrons. The number of hydrogen-bond acceptors (Lipinski definition) is 3. The standard InChI is InChI=1S/C20H31N3O/c1-17-15-21(12-9-19-7-4-3-5-8-19)16-20(17)23-11-6-10-22(13-14-23)18(2)24/h3-5,7-8,17,20H,6,9-16H2,1-2H3/t17-,20+/m0/s1. The second-order valence-corrected chi connectivity index (χ2v) is 7.44. The third kappa shape index (κ3) is 4.37. The van der Waals surface area contributed by atoms with Gasteiger partial charge in [0.2, 0.25) is 5.91 Å². The van der Waals surface area contributed by atoms with Gasteiger partial charge in [-0.05, 0) is 24.3 Å². The summed E-state index contributed by atoms with van der Waals surface area (Å²) in [6.45, 7) is 11.6. The van der Waals surface area contributed by atoms with Crippen molar-refractivity contribution >= 4 is 5.91 Å². The van der Waals surface area contributed by atoms with Gasteiger partial charge >= 0.3 is 0 Å². The molecule has 3 rings (SSSR count). The third-order valence-electron chi connectivity index (χ3n) is 5.65. The van der Waals surface area contributed by atoms with Crippen LogP contribution in [0.1, 0.15) is 25.8 Å². The molecule has 1 aromatic carbocycles. The molecule has 4 nitrogen and oxygen atoms in total. The van der Waals surface area contributed by atoms with E-state index in [0.717, 1.165) is 45.6 Å². The first-order chi connectivity index (χ1) is 11.6. The fourth-order valence-corrected chi connectivity index (χ4v) is 4.22. The summed E-state index contributed by atoms with van der Waals surface area (Å²) >= 11 is 0. The van der Waals surface area contributed by atoms with Crippen LogP contribution in [-0.4, -0.2) is 72.5 Å². The van der Waals surface area contributed by atoms with Crippen molar-refractivity contribution in [1.29, 1.82) is 0 Å². The molecule has 2 aliphatic rings. The molecule has 2 fully saturated rings. The molecule has 0 aromatic heterocycles. The van der Waals surface area contributed by atoms with E-state index in [1.54, 1.807) is 6.92 Å². The summed E-state index contributed by atoms with van der Waals surface area (Å²) in [7, 11) is 0. The molecule has 0 N–H and O–H groups in total. The lowest BCUT2D eigenvalue weighted by molar-refractivity contribution is -0.128. The molecule has 2 aliphatic heterocycles. The van der Waals surface area contributed by atoms with E-state index < -0.39 is 0 Å². The van der Waals surface area contributed by atoms with Crippen LogP contribution in [0.4, 0.5) is 0 Å². The molecule has 24 heavy (non-hydrogen) atoms. The predicted octanol–water partition coefficient (Wildman–Crippen LogP) is 2.10. The Hall–Kier alpha value is -1.39. The number of amides is 1. The number of carbonyl (C=O) groups excluding carboxylic acids is 1. The van der Waals surface area contributed by atoms with E-state index >= 15 is 0 Å². The average molecular weight is 329 g/mol. The van der Waals surface area contributed by atoms with Gasteiger partial charge in [0.05, 0.1) is 0 Å². The minimum Gasteiger partial charge on any atom is -0.342 e. The summed E-state index contributed by atoms with van der Waals surface area (Å²) in [6.07, 6.45) is 2.24. The molecule has 0 radical (unpaired) electrons. The maximum absolute atomic E-state index is 11.6. The molecular formula is C20H31N3O. The molecule has 2 heterocycles. The number of rotatable bonds is 4. The van der Waals surface area contributed by atoms with Crippen molar-refractivity contribution in [3.63, 3.8) is 0 Å². The first-order valence-corrected chi connectivity index (χ1v) is 9.39. The van der Waals surface area contributed by atoms with Gasteiger partial charge in [-0.25, -0.2) is 0 Å². The monoisotopic (exact) mass is 329 g/mol. The Balaban J connectivity index is 1.51. The summed E-state index contributed by atoms with van der Waals surface area (Å²) in [5.41, 5.74) is 1.43. The maximum Gasteiger partial charge on any atom is 0.219 e. The summed E-state index contributed by atoms with van der Waals surface area (Å²) in [6, 6.07) is 11.4. The lowest BCUT2D eigenvalue weighted by Gasteiger charge is -2.30. The molecule has 2 saturated heterocycles. The van der Waals surface area contributed by atoms with Crippen molar-refractivity contribution in [2.45, 2.75) is 32.7 Å². The van der Waals surface area contributed by atoms with Crippen LogP contribution in [0.3, 0.4) is 0 Å². The van der Waals surface area contributed by atoms with Crippen molar-refractivity contribution in [1.82, 2.24) is 14.7 Å². The minimum atomic E-state index is 0.223. The van der Waals surface area contributed by atoms with Crippen LogP contribution in [-0.2, 0) is 11.2 Å². The highest BCUT2D eigenvalue weighted by Crippen LogP contribution is 2.23. The van der Waals surface area contributed by atoms with E-state index in [9.17, 15) is 4.79 Å². The Labute approximate surface area is 146 Å². The lowest BCUT2D eigenvalue weighted by Crippen LogP contribution is -2.43. The van der Waals surface area contributed by atoms with Crippen LogP contribution < -0.4 is 0 Å². The third-order valence-corrected chi connectivity index (χ3v) is 5.65. The van der Waals surface area contributed by atoms with E-state index in [-0.39, 0.29) is 5.91 Å². The molecule has 2 atom stereocenters. The Morgan fingerprint density at radius 2 is 1.88 bits per heavy atom. The molecule has 0 saturated carbocycles. The minimum absolute atomic E-state index is 0.223. The molecule has 0 aliphatic carbocycles. The molecule has 4 heteroatoms.